The molecule has 3 atom stereocenters. The maximum Gasteiger partial charge on any atom is 0.196 e. The molecule has 0 aromatic heterocycles. The molecule has 3 rings (SSSR count). The Labute approximate surface area is 160 Å². The van der Waals surface area contributed by atoms with Gasteiger partial charge >= 0.3 is 0 Å². The molecule has 0 saturated heterocycles. The Hall–Kier alpha value is -2.90. The molecule has 0 bridgehead atoms. The van der Waals surface area contributed by atoms with Gasteiger partial charge in [0.05, 0.1) is 11.1 Å². The fourth-order valence-electron chi connectivity index (χ4n) is 5.38. The normalized spacial score (nSPS) is 33.7. The summed E-state index contributed by atoms with van der Waals surface area (Å²) in [5.74, 6) is 5.58. The number of rotatable bonds is 1. The Balaban J connectivity index is 2.29. The number of ketones is 2. The van der Waals surface area contributed by atoms with E-state index in [2.05, 4.69) is 17.9 Å². The van der Waals surface area contributed by atoms with E-state index in [1.165, 1.54) is 0 Å². The van der Waals surface area contributed by atoms with Gasteiger partial charge in [0, 0.05) is 22.7 Å². The molecule has 0 aromatic carbocycles. The molecule has 0 amide bonds. The number of carbonyl (C=O) groups excluding carboxylic acids is 2. The number of Topliss-reactive ketones (excluding diaryl/α,β-unsaturated/α-hetero) is 1. The van der Waals surface area contributed by atoms with E-state index in [0.717, 1.165) is 18.4 Å². The van der Waals surface area contributed by atoms with Crippen molar-refractivity contribution in [3.63, 3.8) is 0 Å². The van der Waals surface area contributed by atoms with E-state index >= 15 is 0 Å². The molecule has 0 aliphatic heterocycles. The third kappa shape index (κ3) is 2.50. The van der Waals surface area contributed by atoms with Gasteiger partial charge in [-0.25, -0.2) is 0 Å². The van der Waals surface area contributed by atoms with Gasteiger partial charge in [0.1, 0.15) is 12.1 Å². The fourth-order valence-corrected chi connectivity index (χ4v) is 5.38. The second-order valence-electron chi connectivity index (χ2n) is 8.45. The first-order chi connectivity index (χ1) is 12.7. The summed E-state index contributed by atoms with van der Waals surface area (Å²) in [6.07, 6.45) is 7.09. The lowest BCUT2D eigenvalue weighted by molar-refractivity contribution is -0.130. The Bertz CT molecular complexity index is 984. The summed E-state index contributed by atoms with van der Waals surface area (Å²) in [6, 6.07) is 4.07. The van der Waals surface area contributed by atoms with Gasteiger partial charge in [-0.05, 0) is 37.3 Å². The van der Waals surface area contributed by atoms with Crippen LogP contribution in [0, 0.1) is 56.7 Å². The van der Waals surface area contributed by atoms with Gasteiger partial charge in [0.25, 0.3) is 0 Å². The molecule has 0 N–H and O–H groups in total. The lowest BCUT2D eigenvalue weighted by Crippen LogP contribution is -2.53. The summed E-state index contributed by atoms with van der Waals surface area (Å²) in [7, 11) is 0. The van der Waals surface area contributed by atoms with E-state index in [9.17, 15) is 20.1 Å². The summed E-state index contributed by atoms with van der Waals surface area (Å²) in [5, 5.41) is 18.9. The van der Waals surface area contributed by atoms with Crippen LogP contribution in [0.2, 0.25) is 0 Å². The van der Waals surface area contributed by atoms with Crippen molar-refractivity contribution in [2.45, 2.75) is 47.0 Å². The fraction of sp³-hybridized carbons (Fsp3) is 0.478. The van der Waals surface area contributed by atoms with Gasteiger partial charge in [0.2, 0.25) is 0 Å². The summed E-state index contributed by atoms with van der Waals surface area (Å²) in [6.45, 7) is 7.57. The third-order valence-electron chi connectivity index (χ3n) is 6.65. The second kappa shape index (κ2) is 6.07. The van der Waals surface area contributed by atoms with Crippen molar-refractivity contribution in [1.82, 2.24) is 0 Å². The van der Waals surface area contributed by atoms with Crippen LogP contribution in [0.3, 0.4) is 0 Å². The molecule has 4 heteroatoms. The van der Waals surface area contributed by atoms with E-state index in [0.29, 0.717) is 6.42 Å². The molecule has 0 unspecified atom stereocenters. The van der Waals surface area contributed by atoms with Crippen LogP contribution in [0.25, 0.3) is 0 Å². The lowest BCUT2D eigenvalue weighted by atomic mass is 9.45. The minimum absolute atomic E-state index is 0.0200. The Morgan fingerprint density at radius 2 is 1.78 bits per heavy atom. The molecular weight excluding hydrogens is 336 g/mol. The monoisotopic (exact) mass is 358 g/mol. The predicted octanol–water partition coefficient (Wildman–Crippen LogP) is 3.82. The SMILES string of the molecule is CC#CC[C@]12C=C(C#N)C(=O)C=C1[C@@]1(C)C=C(C#N)C(=O)C(C)(C)[C@@H]1CC2. The molecule has 0 aromatic rings. The van der Waals surface area contributed by atoms with Gasteiger partial charge in [-0.1, -0.05) is 32.9 Å². The molecule has 0 heterocycles. The highest BCUT2D eigenvalue weighted by Gasteiger charge is 2.59. The summed E-state index contributed by atoms with van der Waals surface area (Å²) in [5.41, 5.74) is -0.634. The molecule has 4 nitrogen and oxygen atoms in total. The summed E-state index contributed by atoms with van der Waals surface area (Å²) >= 11 is 0. The molecule has 136 valence electrons. The van der Waals surface area contributed by atoms with Gasteiger partial charge in [-0.2, -0.15) is 10.5 Å². The van der Waals surface area contributed by atoms with Crippen LogP contribution in [-0.2, 0) is 9.59 Å². The number of carbonyl (C=O) groups is 2. The average molecular weight is 358 g/mol. The van der Waals surface area contributed by atoms with Crippen LogP contribution in [0.4, 0.5) is 0 Å². The van der Waals surface area contributed by atoms with Crippen LogP contribution in [0.15, 0.2) is 34.9 Å². The van der Waals surface area contributed by atoms with E-state index < -0.39 is 16.2 Å². The van der Waals surface area contributed by atoms with Crippen LogP contribution < -0.4 is 0 Å². The van der Waals surface area contributed by atoms with E-state index in [-0.39, 0.29) is 28.6 Å². The van der Waals surface area contributed by atoms with Crippen molar-refractivity contribution in [2.24, 2.45) is 22.2 Å². The molecule has 27 heavy (non-hydrogen) atoms. The molecule has 1 fully saturated rings. The summed E-state index contributed by atoms with van der Waals surface area (Å²) in [4.78, 5) is 25.3. The Kier molecular flexibility index (Phi) is 4.25. The third-order valence-corrected chi connectivity index (χ3v) is 6.65. The van der Waals surface area contributed by atoms with Gasteiger partial charge in [-0.3, -0.25) is 9.59 Å². The van der Waals surface area contributed by atoms with Crippen LogP contribution in [0.1, 0.15) is 47.0 Å². The molecule has 3 aliphatic rings. The van der Waals surface area contributed by atoms with Crippen molar-refractivity contribution in [1.29, 1.82) is 10.5 Å². The van der Waals surface area contributed by atoms with Crippen LogP contribution in [0.5, 0.6) is 0 Å². The zero-order valence-corrected chi connectivity index (χ0v) is 16.1. The molecule has 1 saturated carbocycles. The van der Waals surface area contributed by atoms with Crippen molar-refractivity contribution >= 4 is 11.6 Å². The van der Waals surface area contributed by atoms with Crippen molar-refractivity contribution in [2.75, 3.05) is 0 Å². The minimum Gasteiger partial charge on any atom is -0.293 e. The van der Waals surface area contributed by atoms with Crippen LogP contribution >= 0.6 is 0 Å². The van der Waals surface area contributed by atoms with Crippen molar-refractivity contribution in [3.8, 4) is 24.0 Å². The van der Waals surface area contributed by atoms with Crippen molar-refractivity contribution < 1.29 is 9.59 Å². The largest absolute Gasteiger partial charge is 0.293 e. The van der Waals surface area contributed by atoms with Gasteiger partial charge in [-0.15, -0.1) is 11.8 Å². The smallest absolute Gasteiger partial charge is 0.196 e. The van der Waals surface area contributed by atoms with Gasteiger partial charge in [0.15, 0.2) is 11.6 Å². The van der Waals surface area contributed by atoms with E-state index in [1.54, 1.807) is 25.2 Å². The predicted molar refractivity (Wildman–Crippen MR) is 101 cm³/mol. The Morgan fingerprint density at radius 1 is 1.11 bits per heavy atom. The minimum atomic E-state index is -0.694. The van der Waals surface area contributed by atoms with Gasteiger partial charge < -0.3 is 0 Å². The average Bonchev–Trinajstić information content (AvgIpc) is 2.63. The standard InChI is InChI=1S/C23H22N2O2/c1-5-6-8-23-9-7-18-21(2,3)20(27)16(14-25)11-22(18,4)19(23)10-17(26)15(12-23)13-24/h10-12,18H,7-9H2,1-4H3/t18-,22-,23-/m0/s1. The lowest BCUT2D eigenvalue weighted by Gasteiger charge is -2.57. The first-order valence-electron chi connectivity index (χ1n) is 9.13. The molecule has 0 spiro atoms. The topological polar surface area (TPSA) is 81.7 Å². The zero-order chi connectivity index (χ0) is 20.0. The van der Waals surface area contributed by atoms with E-state index in [4.69, 9.17) is 0 Å². The highest BCUT2D eigenvalue weighted by molar-refractivity contribution is 6.09. The number of fused-ring (bicyclic) bond motifs is 3. The highest BCUT2D eigenvalue weighted by Crippen LogP contribution is 2.64. The number of allylic oxidation sites excluding steroid dienone is 6. The quantitative estimate of drug-likeness (QED) is 0.667. The number of nitriles is 2. The molecule has 3 aliphatic carbocycles. The first kappa shape index (κ1) is 18.9. The molecule has 0 radical (unpaired) electrons. The maximum atomic E-state index is 12.8. The summed E-state index contributed by atoms with van der Waals surface area (Å²) < 4.78 is 0. The number of hydrogen-bond donors (Lipinski definition) is 0. The highest BCUT2D eigenvalue weighted by atomic mass is 16.1. The van der Waals surface area contributed by atoms with Crippen molar-refractivity contribution in [3.05, 3.63) is 34.9 Å². The maximum absolute atomic E-state index is 12.8. The second-order valence-corrected chi connectivity index (χ2v) is 8.45. The van der Waals surface area contributed by atoms with E-state index in [1.807, 2.05) is 26.8 Å². The first-order valence-corrected chi connectivity index (χ1v) is 9.13. The molecular formula is C23H22N2O2. The number of hydrogen-bond acceptors (Lipinski definition) is 4. The number of nitrogens with zero attached hydrogens (tertiary/aromatic N) is 2. The van der Waals surface area contributed by atoms with Crippen LogP contribution in [-0.4, -0.2) is 11.6 Å². The zero-order valence-electron chi connectivity index (χ0n) is 16.1. The Morgan fingerprint density at radius 3 is 2.37 bits per heavy atom.